The van der Waals surface area contributed by atoms with Gasteiger partial charge in [-0.1, -0.05) is 11.2 Å². The summed E-state index contributed by atoms with van der Waals surface area (Å²) in [6.07, 6.45) is 3.29. The highest BCUT2D eigenvalue weighted by Gasteiger charge is 2.05. The summed E-state index contributed by atoms with van der Waals surface area (Å²) in [6, 6.07) is 0. The first-order valence-electron chi connectivity index (χ1n) is 3.82. The topological polar surface area (TPSA) is 33.6 Å². The van der Waals surface area contributed by atoms with Crippen molar-refractivity contribution in [2.75, 3.05) is 20.2 Å². The molecule has 0 unspecified atom stereocenters. The van der Waals surface area contributed by atoms with E-state index in [0.717, 1.165) is 25.2 Å². The fourth-order valence-corrected chi connectivity index (χ4v) is 1.11. The fourth-order valence-electron chi connectivity index (χ4n) is 1.11. The lowest BCUT2D eigenvalue weighted by Gasteiger charge is -2.12. The van der Waals surface area contributed by atoms with Crippen molar-refractivity contribution in [3.63, 3.8) is 0 Å². The van der Waals surface area contributed by atoms with Crippen molar-refractivity contribution < 1.29 is 4.84 Å². The second kappa shape index (κ2) is 6.03. The molecule has 0 radical (unpaired) electrons. The first kappa shape index (κ1) is 11.5. The lowest BCUT2D eigenvalue weighted by molar-refractivity contribution is 0.213. The molecule has 4 heteroatoms. The van der Waals surface area contributed by atoms with Crippen LogP contribution in [0.15, 0.2) is 16.8 Å². The molecular weight excluding hydrogens is 176 g/mol. The van der Waals surface area contributed by atoms with Crippen LogP contribution in [0.3, 0.4) is 0 Å². The van der Waals surface area contributed by atoms with E-state index in [-0.39, 0.29) is 12.4 Å². The number of rotatable bonds is 2. The minimum Gasteiger partial charge on any atom is -0.399 e. The van der Waals surface area contributed by atoms with Gasteiger partial charge in [-0.15, -0.1) is 12.4 Å². The van der Waals surface area contributed by atoms with Crippen LogP contribution >= 0.6 is 12.4 Å². The van der Waals surface area contributed by atoms with Crippen molar-refractivity contribution in [3.05, 3.63) is 11.6 Å². The van der Waals surface area contributed by atoms with E-state index in [1.807, 2.05) is 6.92 Å². The van der Waals surface area contributed by atoms with Crippen LogP contribution in [0.1, 0.15) is 13.3 Å². The lowest BCUT2D eigenvalue weighted by Crippen LogP contribution is -2.25. The Balaban J connectivity index is 0.00000121. The summed E-state index contributed by atoms with van der Waals surface area (Å²) in [6.45, 7) is 3.95. The predicted octanol–water partition coefficient (Wildman–Crippen LogP) is 1.35. The third kappa shape index (κ3) is 3.24. The van der Waals surface area contributed by atoms with Gasteiger partial charge in [-0.05, 0) is 25.5 Å². The molecule has 0 amide bonds. The zero-order chi connectivity index (χ0) is 8.10. The fraction of sp³-hybridized carbons (Fsp3) is 0.625. The summed E-state index contributed by atoms with van der Waals surface area (Å²) >= 11 is 0. The van der Waals surface area contributed by atoms with Gasteiger partial charge in [-0.2, -0.15) is 0 Å². The molecule has 70 valence electrons. The first-order valence-corrected chi connectivity index (χ1v) is 3.82. The highest BCUT2D eigenvalue weighted by atomic mass is 35.5. The maximum atomic E-state index is 4.68. The standard InChI is InChI=1S/C8H14N2O.ClH/c1-7(10-11-2)8-4-3-5-9-6-8;/h4,9H,3,5-6H2,1-2H3;1H. The molecule has 0 aromatic carbocycles. The van der Waals surface area contributed by atoms with E-state index < -0.39 is 0 Å². The highest BCUT2D eigenvalue weighted by Crippen LogP contribution is 2.03. The summed E-state index contributed by atoms with van der Waals surface area (Å²) in [5.74, 6) is 0. The van der Waals surface area contributed by atoms with Crippen LogP contribution in [-0.2, 0) is 4.84 Å². The quantitative estimate of drug-likeness (QED) is 0.527. The molecule has 0 aromatic heterocycles. The molecule has 0 atom stereocenters. The molecule has 3 nitrogen and oxygen atoms in total. The van der Waals surface area contributed by atoms with Crippen LogP contribution in [0.5, 0.6) is 0 Å². The van der Waals surface area contributed by atoms with E-state index >= 15 is 0 Å². The molecule has 0 aromatic rings. The normalized spacial score (nSPS) is 17.8. The van der Waals surface area contributed by atoms with Crippen LogP contribution in [0.2, 0.25) is 0 Å². The molecule has 12 heavy (non-hydrogen) atoms. The van der Waals surface area contributed by atoms with E-state index in [1.54, 1.807) is 7.11 Å². The molecule has 1 heterocycles. The third-order valence-corrected chi connectivity index (χ3v) is 1.72. The van der Waals surface area contributed by atoms with Gasteiger partial charge in [0.2, 0.25) is 0 Å². The van der Waals surface area contributed by atoms with Crippen LogP contribution in [0.25, 0.3) is 0 Å². The van der Waals surface area contributed by atoms with Gasteiger partial charge in [0.25, 0.3) is 0 Å². The van der Waals surface area contributed by atoms with Gasteiger partial charge in [0.15, 0.2) is 0 Å². The van der Waals surface area contributed by atoms with Crippen molar-refractivity contribution in [2.45, 2.75) is 13.3 Å². The van der Waals surface area contributed by atoms with Crippen LogP contribution < -0.4 is 5.32 Å². The largest absolute Gasteiger partial charge is 0.399 e. The highest BCUT2D eigenvalue weighted by molar-refractivity contribution is 5.98. The predicted molar refractivity (Wildman–Crippen MR) is 52.9 cm³/mol. The van der Waals surface area contributed by atoms with Crippen molar-refractivity contribution >= 4 is 18.1 Å². The Hall–Kier alpha value is -0.540. The van der Waals surface area contributed by atoms with E-state index in [9.17, 15) is 0 Å². The molecule has 0 saturated heterocycles. The number of nitrogens with zero attached hydrogens (tertiary/aromatic N) is 1. The number of nitrogens with one attached hydrogen (secondary N) is 1. The van der Waals surface area contributed by atoms with Crippen molar-refractivity contribution in [1.82, 2.24) is 5.32 Å². The lowest BCUT2D eigenvalue weighted by atomic mass is 10.1. The van der Waals surface area contributed by atoms with Gasteiger partial charge in [0.1, 0.15) is 7.11 Å². The number of hydrogen-bond acceptors (Lipinski definition) is 3. The second-order valence-corrected chi connectivity index (χ2v) is 2.55. The monoisotopic (exact) mass is 190 g/mol. The van der Waals surface area contributed by atoms with E-state index in [1.165, 1.54) is 5.57 Å². The Kier molecular flexibility index (Phi) is 5.76. The van der Waals surface area contributed by atoms with E-state index in [2.05, 4.69) is 21.4 Å². The van der Waals surface area contributed by atoms with Gasteiger partial charge in [-0.3, -0.25) is 0 Å². The minimum atomic E-state index is 0. The van der Waals surface area contributed by atoms with Crippen LogP contribution in [-0.4, -0.2) is 25.9 Å². The molecule has 0 fully saturated rings. The Morgan fingerprint density at radius 1 is 1.67 bits per heavy atom. The Morgan fingerprint density at radius 3 is 2.92 bits per heavy atom. The van der Waals surface area contributed by atoms with Crippen molar-refractivity contribution in [3.8, 4) is 0 Å². The Morgan fingerprint density at radius 2 is 2.42 bits per heavy atom. The number of oxime groups is 1. The molecule has 1 aliphatic heterocycles. The molecular formula is C8H15ClN2O. The van der Waals surface area contributed by atoms with Gasteiger partial charge >= 0.3 is 0 Å². The zero-order valence-corrected chi connectivity index (χ0v) is 8.28. The first-order chi connectivity index (χ1) is 5.34. The molecule has 0 aliphatic carbocycles. The minimum absolute atomic E-state index is 0. The number of halogens is 1. The van der Waals surface area contributed by atoms with Crippen molar-refractivity contribution in [1.29, 1.82) is 0 Å². The average molecular weight is 191 g/mol. The molecule has 1 N–H and O–H groups in total. The van der Waals surface area contributed by atoms with Crippen LogP contribution in [0, 0.1) is 0 Å². The summed E-state index contributed by atoms with van der Waals surface area (Å²) in [5.41, 5.74) is 2.22. The van der Waals surface area contributed by atoms with E-state index in [4.69, 9.17) is 0 Å². The van der Waals surface area contributed by atoms with E-state index in [0.29, 0.717) is 0 Å². The molecule has 1 rings (SSSR count). The van der Waals surface area contributed by atoms with Crippen LogP contribution in [0.4, 0.5) is 0 Å². The molecule has 1 aliphatic rings. The summed E-state index contributed by atoms with van der Waals surface area (Å²) < 4.78 is 0. The van der Waals surface area contributed by atoms with Gasteiger partial charge in [-0.25, -0.2) is 0 Å². The third-order valence-electron chi connectivity index (χ3n) is 1.72. The van der Waals surface area contributed by atoms with Gasteiger partial charge in [0, 0.05) is 6.54 Å². The van der Waals surface area contributed by atoms with Gasteiger partial charge in [0.05, 0.1) is 5.71 Å². The zero-order valence-electron chi connectivity index (χ0n) is 7.46. The average Bonchev–Trinajstić information content (AvgIpc) is 2.07. The second-order valence-electron chi connectivity index (χ2n) is 2.55. The summed E-state index contributed by atoms with van der Waals surface area (Å²) in [7, 11) is 1.57. The molecule has 0 bridgehead atoms. The number of hydrogen-bond donors (Lipinski definition) is 1. The SMILES string of the molecule is CON=C(C)C1=CCCNC1.Cl. The molecule has 0 spiro atoms. The summed E-state index contributed by atoms with van der Waals surface area (Å²) in [5, 5.41) is 7.13. The summed E-state index contributed by atoms with van der Waals surface area (Å²) in [4.78, 5) is 4.68. The maximum absolute atomic E-state index is 4.68. The smallest absolute Gasteiger partial charge is 0.106 e. The Labute approximate surface area is 79.3 Å². The van der Waals surface area contributed by atoms with Crippen molar-refractivity contribution in [2.24, 2.45) is 5.16 Å². The maximum Gasteiger partial charge on any atom is 0.106 e. The van der Waals surface area contributed by atoms with Gasteiger partial charge < -0.3 is 10.2 Å². The molecule has 0 saturated carbocycles. The Bertz CT molecular complexity index is 189.